The molecule has 0 spiro atoms. The molecule has 1 heterocycles. The summed E-state index contributed by atoms with van der Waals surface area (Å²) >= 11 is 0. The molecule has 142 valence electrons. The number of phenolic OH excluding ortho intramolecular Hbond substituents is 1. The number of nitrogens with zero attached hydrogens (tertiary/aromatic N) is 2. The van der Waals surface area contributed by atoms with Gasteiger partial charge in [-0.3, -0.25) is 4.99 Å². The van der Waals surface area contributed by atoms with Crippen molar-refractivity contribution in [2.75, 3.05) is 20.1 Å². The lowest BCUT2D eigenvalue weighted by molar-refractivity contribution is -0.928. The molecule has 1 aliphatic heterocycles. The summed E-state index contributed by atoms with van der Waals surface area (Å²) in [6, 6.07) is 2.84. The molecule has 1 aromatic carbocycles. The van der Waals surface area contributed by atoms with E-state index in [1.807, 2.05) is 26.3 Å². The number of nitrogens with two attached hydrogens (primary N) is 1. The second-order valence-electron chi connectivity index (χ2n) is 7.00. The minimum atomic E-state index is -4.50. The number of halogens is 3. The van der Waals surface area contributed by atoms with Gasteiger partial charge >= 0.3 is 6.18 Å². The van der Waals surface area contributed by atoms with E-state index >= 15 is 0 Å². The van der Waals surface area contributed by atoms with Crippen molar-refractivity contribution in [1.82, 2.24) is 0 Å². The number of quaternary nitrogens is 1. The second kappa shape index (κ2) is 7.53. The van der Waals surface area contributed by atoms with Crippen molar-refractivity contribution >= 4 is 6.21 Å². The number of aromatic hydroxyl groups is 1. The number of rotatable bonds is 3. The van der Waals surface area contributed by atoms with Crippen LogP contribution in [0, 0.1) is 0 Å². The average molecular weight is 368 g/mol. The Labute approximate surface area is 151 Å². The standard InChI is InChI=1S/C19H24F3N3O/c1-13-12-24-8-4-9-25(3,10-7-14(2)23)18(13)16-6-5-15(11-17(16)26)19(20,21)22/h5-8,11-12,18H,4,9-10,23H2,1-3H3/p+1/b13-12+,14-7+,24-8?. The van der Waals surface area contributed by atoms with Crippen LogP contribution in [-0.2, 0) is 6.18 Å². The van der Waals surface area contributed by atoms with Crippen molar-refractivity contribution in [3.63, 3.8) is 0 Å². The summed E-state index contributed by atoms with van der Waals surface area (Å²) in [4.78, 5) is 4.24. The van der Waals surface area contributed by atoms with Gasteiger partial charge in [-0.1, -0.05) is 0 Å². The zero-order chi connectivity index (χ0) is 19.5. The molecule has 2 unspecified atom stereocenters. The lowest BCUT2D eigenvalue weighted by Crippen LogP contribution is -2.49. The van der Waals surface area contributed by atoms with Gasteiger partial charge in [0, 0.05) is 30.1 Å². The first-order valence-electron chi connectivity index (χ1n) is 8.39. The highest BCUT2D eigenvalue weighted by molar-refractivity contribution is 5.58. The van der Waals surface area contributed by atoms with Crippen molar-refractivity contribution in [2.24, 2.45) is 10.7 Å². The highest BCUT2D eigenvalue weighted by atomic mass is 19.4. The maximum atomic E-state index is 12.9. The van der Waals surface area contributed by atoms with Gasteiger partial charge in [-0.15, -0.1) is 0 Å². The van der Waals surface area contributed by atoms with Crippen molar-refractivity contribution in [3.8, 4) is 5.75 Å². The Hall–Kier alpha value is -2.28. The van der Waals surface area contributed by atoms with Crippen molar-refractivity contribution in [1.29, 1.82) is 0 Å². The number of benzene rings is 1. The van der Waals surface area contributed by atoms with E-state index in [-0.39, 0.29) is 11.8 Å². The number of alkyl halides is 3. The zero-order valence-corrected chi connectivity index (χ0v) is 15.2. The summed E-state index contributed by atoms with van der Waals surface area (Å²) in [6.07, 6.45) is 1.65. The van der Waals surface area contributed by atoms with Gasteiger partial charge in [0.25, 0.3) is 0 Å². The van der Waals surface area contributed by atoms with Gasteiger partial charge in [-0.25, -0.2) is 0 Å². The number of phenols is 1. The van der Waals surface area contributed by atoms with Crippen LogP contribution in [-0.4, -0.2) is 35.9 Å². The SMILES string of the molecule is C/C(N)=C\C[N+]1(C)CCC=N/C=C(\C)C1c1ccc(C(F)(F)F)cc1O. The van der Waals surface area contributed by atoms with E-state index < -0.39 is 11.7 Å². The molecule has 3 N–H and O–H groups in total. The molecule has 0 bridgehead atoms. The van der Waals surface area contributed by atoms with Gasteiger partial charge < -0.3 is 15.3 Å². The summed E-state index contributed by atoms with van der Waals surface area (Å²) in [5, 5.41) is 10.4. The van der Waals surface area contributed by atoms with E-state index in [0.717, 1.165) is 24.1 Å². The summed E-state index contributed by atoms with van der Waals surface area (Å²) in [5.74, 6) is -0.361. The van der Waals surface area contributed by atoms with Crippen LogP contribution < -0.4 is 5.73 Å². The van der Waals surface area contributed by atoms with Gasteiger partial charge in [0.1, 0.15) is 11.8 Å². The maximum Gasteiger partial charge on any atom is 0.416 e. The van der Waals surface area contributed by atoms with Crippen LogP contribution >= 0.6 is 0 Å². The topological polar surface area (TPSA) is 58.6 Å². The molecule has 0 saturated heterocycles. The van der Waals surface area contributed by atoms with E-state index in [1.165, 1.54) is 6.07 Å². The normalized spacial score (nSPS) is 26.8. The summed E-state index contributed by atoms with van der Waals surface area (Å²) < 4.78 is 39.3. The van der Waals surface area contributed by atoms with Gasteiger partial charge in [0.05, 0.1) is 31.3 Å². The Morgan fingerprint density at radius 3 is 2.69 bits per heavy atom. The summed E-state index contributed by atoms with van der Waals surface area (Å²) in [5.41, 5.74) is 6.92. The third-order valence-electron chi connectivity index (χ3n) is 4.69. The smallest absolute Gasteiger partial charge is 0.416 e. The molecule has 2 rings (SSSR count). The van der Waals surface area contributed by atoms with E-state index in [9.17, 15) is 18.3 Å². The van der Waals surface area contributed by atoms with Crippen LogP contribution in [0.4, 0.5) is 13.2 Å². The predicted molar refractivity (Wildman–Crippen MR) is 96.6 cm³/mol. The van der Waals surface area contributed by atoms with Gasteiger partial charge in [0.2, 0.25) is 0 Å². The lowest BCUT2D eigenvalue weighted by atomic mass is 9.93. The molecule has 7 heteroatoms. The fourth-order valence-corrected chi connectivity index (χ4v) is 3.37. The highest BCUT2D eigenvalue weighted by Crippen LogP contribution is 2.41. The molecule has 4 nitrogen and oxygen atoms in total. The molecule has 0 amide bonds. The highest BCUT2D eigenvalue weighted by Gasteiger charge is 2.38. The Balaban J connectivity index is 2.57. The predicted octanol–water partition coefficient (Wildman–Crippen LogP) is 4.14. The minimum Gasteiger partial charge on any atom is -0.507 e. The van der Waals surface area contributed by atoms with Crippen molar-refractivity contribution in [3.05, 3.63) is 52.9 Å². The number of hydrogen-bond donors (Lipinski definition) is 2. The molecular weight excluding hydrogens is 343 g/mol. The van der Waals surface area contributed by atoms with Crippen LogP contribution in [0.25, 0.3) is 0 Å². The molecule has 1 aromatic rings. The molecule has 26 heavy (non-hydrogen) atoms. The van der Waals surface area contributed by atoms with Gasteiger partial charge in [-0.05, 0) is 38.1 Å². The van der Waals surface area contributed by atoms with Gasteiger partial charge in [-0.2, -0.15) is 13.2 Å². The van der Waals surface area contributed by atoms with Crippen LogP contribution in [0.15, 0.2) is 46.7 Å². The lowest BCUT2D eigenvalue weighted by Gasteiger charge is -2.42. The Morgan fingerprint density at radius 1 is 1.42 bits per heavy atom. The van der Waals surface area contributed by atoms with Crippen molar-refractivity contribution in [2.45, 2.75) is 32.5 Å². The first-order chi connectivity index (χ1) is 12.0. The third-order valence-corrected chi connectivity index (χ3v) is 4.69. The number of allylic oxidation sites excluding steroid dienone is 1. The Morgan fingerprint density at radius 2 is 2.12 bits per heavy atom. The molecule has 2 atom stereocenters. The van der Waals surface area contributed by atoms with Gasteiger partial charge in [0.15, 0.2) is 0 Å². The monoisotopic (exact) mass is 368 g/mol. The quantitative estimate of drug-likeness (QED) is 0.788. The summed E-state index contributed by atoms with van der Waals surface area (Å²) in [6.45, 7) is 4.97. The minimum absolute atomic E-state index is 0.328. The molecular formula is C19H25F3N3O+. The van der Waals surface area contributed by atoms with Crippen LogP contribution in [0.5, 0.6) is 5.75 Å². The molecule has 0 radical (unpaired) electrons. The molecule has 1 aliphatic rings. The number of hydrogen-bond acceptors (Lipinski definition) is 3. The third kappa shape index (κ3) is 4.46. The van der Waals surface area contributed by atoms with Crippen LogP contribution in [0.3, 0.4) is 0 Å². The Kier molecular flexibility index (Phi) is 5.81. The zero-order valence-electron chi connectivity index (χ0n) is 15.2. The maximum absolute atomic E-state index is 12.9. The number of likely N-dealkylation sites (N-methyl/N-ethyl adjacent to an activating group) is 1. The first kappa shape index (κ1) is 20.0. The Bertz CT molecular complexity index is 749. The molecule has 0 aliphatic carbocycles. The van der Waals surface area contributed by atoms with Crippen LogP contribution in [0.1, 0.15) is 37.4 Å². The molecule has 0 aromatic heterocycles. The molecule has 0 saturated carbocycles. The summed E-state index contributed by atoms with van der Waals surface area (Å²) in [7, 11) is 2.01. The fourth-order valence-electron chi connectivity index (χ4n) is 3.37. The van der Waals surface area contributed by atoms with E-state index in [2.05, 4.69) is 4.99 Å². The van der Waals surface area contributed by atoms with E-state index in [4.69, 9.17) is 5.73 Å². The largest absolute Gasteiger partial charge is 0.507 e. The molecule has 0 fully saturated rings. The number of aliphatic imine (C=N–C) groups is 1. The van der Waals surface area contributed by atoms with E-state index in [1.54, 1.807) is 13.1 Å². The average Bonchev–Trinajstić information content (AvgIpc) is 2.52. The second-order valence-corrected chi connectivity index (χ2v) is 7.00. The fraction of sp³-hybridized carbons (Fsp3) is 0.421. The first-order valence-corrected chi connectivity index (χ1v) is 8.39. The van der Waals surface area contributed by atoms with E-state index in [0.29, 0.717) is 28.8 Å². The van der Waals surface area contributed by atoms with Crippen LogP contribution in [0.2, 0.25) is 0 Å². The van der Waals surface area contributed by atoms with Crippen molar-refractivity contribution < 1.29 is 22.8 Å².